The zero-order valence-corrected chi connectivity index (χ0v) is 20.1. The number of primary amides is 1. The van der Waals surface area contributed by atoms with Crippen molar-refractivity contribution in [3.8, 4) is 6.07 Å². The summed E-state index contributed by atoms with van der Waals surface area (Å²) in [6.45, 7) is 0.0806. The van der Waals surface area contributed by atoms with E-state index < -0.39 is 29.3 Å². The first-order chi connectivity index (χ1) is 17.7. The highest BCUT2D eigenvalue weighted by Crippen LogP contribution is 2.30. The number of aromatic nitrogens is 2. The number of halogens is 2. The van der Waals surface area contributed by atoms with Gasteiger partial charge in [0.2, 0.25) is 17.8 Å². The number of urea groups is 1. The number of rotatable bonds is 7. The van der Waals surface area contributed by atoms with Gasteiger partial charge in [-0.3, -0.25) is 14.9 Å². The van der Waals surface area contributed by atoms with Gasteiger partial charge in [0, 0.05) is 31.6 Å². The fraction of sp³-hybridized carbons (Fsp3) is 0.320. The first-order valence-electron chi connectivity index (χ1n) is 11.7. The Morgan fingerprint density at radius 1 is 1.16 bits per heavy atom. The molecule has 0 unspecified atom stereocenters. The summed E-state index contributed by atoms with van der Waals surface area (Å²) in [5, 5.41) is 13.4. The molecule has 10 nitrogen and oxygen atoms in total. The third-order valence-corrected chi connectivity index (χ3v) is 6.37. The fourth-order valence-electron chi connectivity index (χ4n) is 4.45. The lowest BCUT2D eigenvalue weighted by Gasteiger charge is -2.21. The second kappa shape index (κ2) is 10.6. The summed E-state index contributed by atoms with van der Waals surface area (Å²) in [6, 6.07) is 7.36. The standard InChI is InChI=1S/C25H25F2N7O3/c1-33(23(36)15-4-2-3-5-15)16-6-7-20-19(12-16)30-24(34(20)9-8-21(29)35)32-25(37)31-22-17(26)10-14(13-28)11-18(22)27/h6-7,10-12,15H,2-5,8-9H2,1H3,(H2,29,35)(H2,30,31,32,37). The molecule has 1 saturated carbocycles. The third kappa shape index (κ3) is 5.50. The molecule has 0 saturated heterocycles. The number of nitrogens with zero attached hydrogens (tertiary/aromatic N) is 4. The van der Waals surface area contributed by atoms with Gasteiger partial charge in [-0.25, -0.2) is 18.6 Å². The van der Waals surface area contributed by atoms with Gasteiger partial charge in [0.15, 0.2) is 11.6 Å². The Labute approximate surface area is 211 Å². The van der Waals surface area contributed by atoms with Gasteiger partial charge in [-0.05, 0) is 43.2 Å². The molecule has 0 atom stereocenters. The molecule has 192 valence electrons. The van der Waals surface area contributed by atoms with Gasteiger partial charge in [-0.15, -0.1) is 0 Å². The Balaban J connectivity index is 1.61. The van der Waals surface area contributed by atoms with Gasteiger partial charge in [0.1, 0.15) is 5.69 Å². The lowest BCUT2D eigenvalue weighted by Crippen LogP contribution is -2.31. The Morgan fingerprint density at radius 2 is 1.84 bits per heavy atom. The number of carbonyl (C=O) groups excluding carboxylic acids is 3. The number of hydrogen-bond acceptors (Lipinski definition) is 5. The van der Waals surface area contributed by atoms with E-state index in [1.165, 1.54) is 4.57 Å². The molecule has 37 heavy (non-hydrogen) atoms. The van der Waals surface area contributed by atoms with E-state index in [4.69, 9.17) is 11.0 Å². The number of carbonyl (C=O) groups is 3. The molecule has 0 spiro atoms. The predicted molar refractivity (Wildman–Crippen MR) is 133 cm³/mol. The van der Waals surface area contributed by atoms with Crippen LogP contribution in [0.1, 0.15) is 37.7 Å². The number of fused-ring (bicyclic) bond motifs is 1. The van der Waals surface area contributed by atoms with E-state index in [1.54, 1.807) is 36.2 Å². The number of hydrogen-bond donors (Lipinski definition) is 3. The summed E-state index contributed by atoms with van der Waals surface area (Å²) >= 11 is 0. The van der Waals surface area contributed by atoms with Gasteiger partial charge >= 0.3 is 6.03 Å². The molecule has 2 aromatic carbocycles. The minimum atomic E-state index is -1.12. The van der Waals surface area contributed by atoms with Crippen LogP contribution in [0.2, 0.25) is 0 Å². The van der Waals surface area contributed by atoms with E-state index >= 15 is 0 Å². The molecule has 1 aliphatic carbocycles. The van der Waals surface area contributed by atoms with Gasteiger partial charge in [0.05, 0.1) is 22.7 Å². The maximum atomic E-state index is 14.2. The molecular formula is C25H25F2N7O3. The molecule has 4 rings (SSSR count). The number of nitrogens with one attached hydrogen (secondary N) is 2. The molecule has 1 fully saturated rings. The average Bonchev–Trinajstić information content (AvgIpc) is 3.51. The summed E-state index contributed by atoms with van der Waals surface area (Å²) < 4.78 is 30.0. The van der Waals surface area contributed by atoms with Crippen LogP contribution in [0, 0.1) is 28.9 Å². The topological polar surface area (TPSA) is 146 Å². The SMILES string of the molecule is CN(C(=O)C1CCCC1)c1ccc2c(c1)nc(NC(=O)Nc1c(F)cc(C#N)cc1F)n2CCC(N)=O. The first-order valence-corrected chi connectivity index (χ1v) is 11.7. The van der Waals surface area contributed by atoms with E-state index in [0.717, 1.165) is 37.8 Å². The summed E-state index contributed by atoms with van der Waals surface area (Å²) in [6.07, 6.45) is 3.72. The van der Waals surface area contributed by atoms with E-state index in [2.05, 4.69) is 15.6 Å². The van der Waals surface area contributed by atoms with Crippen molar-refractivity contribution in [2.75, 3.05) is 22.6 Å². The molecule has 1 heterocycles. The number of nitriles is 1. The van der Waals surface area contributed by atoms with Crippen molar-refractivity contribution < 1.29 is 23.2 Å². The lowest BCUT2D eigenvalue weighted by atomic mass is 10.1. The van der Waals surface area contributed by atoms with Gasteiger partial charge in [0.25, 0.3) is 0 Å². The molecule has 0 aliphatic heterocycles. The molecule has 1 aliphatic rings. The van der Waals surface area contributed by atoms with Crippen LogP contribution in [-0.4, -0.2) is 34.4 Å². The lowest BCUT2D eigenvalue weighted by molar-refractivity contribution is -0.122. The molecule has 0 bridgehead atoms. The Kier molecular flexibility index (Phi) is 7.33. The van der Waals surface area contributed by atoms with E-state index in [1.807, 2.05) is 0 Å². The molecule has 3 aromatic rings. The number of aryl methyl sites for hydroxylation is 1. The number of amides is 4. The number of imidazole rings is 1. The van der Waals surface area contributed by atoms with E-state index in [0.29, 0.717) is 16.7 Å². The summed E-state index contributed by atoms with van der Waals surface area (Å²) in [5.41, 5.74) is 5.93. The normalized spacial score (nSPS) is 13.4. The van der Waals surface area contributed by atoms with Crippen LogP contribution in [-0.2, 0) is 16.1 Å². The number of nitrogens with two attached hydrogens (primary N) is 1. The van der Waals surface area contributed by atoms with Crippen LogP contribution in [0.25, 0.3) is 11.0 Å². The third-order valence-electron chi connectivity index (χ3n) is 6.37. The second-order valence-corrected chi connectivity index (χ2v) is 8.86. The molecule has 1 aromatic heterocycles. The largest absolute Gasteiger partial charge is 0.370 e. The van der Waals surface area contributed by atoms with E-state index in [9.17, 15) is 23.2 Å². The molecule has 12 heteroatoms. The van der Waals surface area contributed by atoms with Crippen LogP contribution in [0.15, 0.2) is 30.3 Å². The summed E-state index contributed by atoms with van der Waals surface area (Å²) in [5.74, 6) is -2.79. The Hall–Kier alpha value is -4.53. The zero-order valence-electron chi connectivity index (χ0n) is 20.1. The zero-order chi connectivity index (χ0) is 26.7. The fourth-order valence-corrected chi connectivity index (χ4v) is 4.45. The maximum absolute atomic E-state index is 14.2. The highest BCUT2D eigenvalue weighted by atomic mass is 19.1. The molecule has 4 amide bonds. The quantitative estimate of drug-likeness (QED) is 0.443. The summed E-state index contributed by atoms with van der Waals surface area (Å²) in [4.78, 5) is 42.9. The van der Waals surface area contributed by atoms with Crippen molar-refractivity contribution in [3.63, 3.8) is 0 Å². The van der Waals surface area contributed by atoms with Gasteiger partial charge < -0.3 is 20.5 Å². The van der Waals surface area contributed by atoms with Crippen molar-refractivity contribution in [2.45, 2.75) is 38.6 Å². The minimum Gasteiger partial charge on any atom is -0.370 e. The van der Waals surface area contributed by atoms with Crippen LogP contribution >= 0.6 is 0 Å². The van der Waals surface area contributed by atoms with Crippen LogP contribution in [0.3, 0.4) is 0 Å². The summed E-state index contributed by atoms with van der Waals surface area (Å²) in [7, 11) is 1.69. The number of benzene rings is 2. The van der Waals surface area contributed by atoms with Crippen LogP contribution in [0.4, 0.5) is 30.9 Å². The molecular weight excluding hydrogens is 484 g/mol. The monoisotopic (exact) mass is 509 g/mol. The highest BCUT2D eigenvalue weighted by Gasteiger charge is 2.26. The molecule has 4 N–H and O–H groups in total. The Morgan fingerprint density at radius 3 is 2.46 bits per heavy atom. The number of anilines is 3. The van der Waals surface area contributed by atoms with Crippen molar-refractivity contribution in [1.82, 2.24) is 9.55 Å². The second-order valence-electron chi connectivity index (χ2n) is 8.86. The highest BCUT2D eigenvalue weighted by molar-refractivity contribution is 6.01. The molecule has 0 radical (unpaired) electrons. The average molecular weight is 510 g/mol. The smallest absolute Gasteiger partial charge is 0.326 e. The van der Waals surface area contributed by atoms with Crippen LogP contribution in [0.5, 0.6) is 0 Å². The van der Waals surface area contributed by atoms with Gasteiger partial charge in [-0.2, -0.15) is 5.26 Å². The first kappa shape index (κ1) is 25.6. The van der Waals surface area contributed by atoms with Gasteiger partial charge in [-0.1, -0.05) is 12.8 Å². The van der Waals surface area contributed by atoms with Crippen molar-refractivity contribution in [2.24, 2.45) is 11.7 Å². The predicted octanol–water partition coefficient (Wildman–Crippen LogP) is 3.86. The van der Waals surface area contributed by atoms with Crippen molar-refractivity contribution in [1.29, 1.82) is 5.26 Å². The van der Waals surface area contributed by atoms with Crippen LogP contribution < -0.4 is 21.3 Å². The Bertz CT molecular complexity index is 1400. The van der Waals surface area contributed by atoms with E-state index in [-0.39, 0.29) is 36.3 Å². The van der Waals surface area contributed by atoms with Crippen molar-refractivity contribution >= 4 is 46.2 Å². The van der Waals surface area contributed by atoms with Crippen molar-refractivity contribution in [3.05, 3.63) is 47.5 Å². The minimum absolute atomic E-state index is 0.00475. The maximum Gasteiger partial charge on any atom is 0.326 e.